The van der Waals surface area contributed by atoms with Crippen molar-refractivity contribution < 1.29 is 21.6 Å². The second-order valence-corrected chi connectivity index (χ2v) is 7.51. The summed E-state index contributed by atoms with van der Waals surface area (Å²) in [5.41, 5.74) is -0.929. The van der Waals surface area contributed by atoms with Gasteiger partial charge in [0.25, 0.3) is 0 Å². The summed E-state index contributed by atoms with van der Waals surface area (Å²) in [7, 11) is -3.81. The maximum atomic E-state index is 12.8. The number of sulfone groups is 1. The van der Waals surface area contributed by atoms with Gasteiger partial charge in [-0.3, -0.25) is 0 Å². The minimum absolute atomic E-state index is 0.241. The SMILES string of the molecule is CCCC(CC)(CC)S(=O)(=O)c1cccc(C(F)(F)F)c1. The van der Waals surface area contributed by atoms with Gasteiger partial charge in [-0.25, -0.2) is 8.42 Å². The van der Waals surface area contributed by atoms with E-state index in [4.69, 9.17) is 0 Å². The van der Waals surface area contributed by atoms with E-state index in [1.807, 2.05) is 6.92 Å². The molecule has 0 heterocycles. The molecule has 1 aromatic rings. The molecule has 120 valence electrons. The molecule has 0 aliphatic heterocycles. The van der Waals surface area contributed by atoms with Crippen molar-refractivity contribution in [2.75, 3.05) is 0 Å². The highest BCUT2D eigenvalue weighted by Crippen LogP contribution is 2.38. The Hall–Kier alpha value is -1.04. The molecule has 6 heteroatoms. The fourth-order valence-electron chi connectivity index (χ4n) is 2.66. The summed E-state index contributed by atoms with van der Waals surface area (Å²) in [6.07, 6.45) is -2.67. The second kappa shape index (κ2) is 6.38. The number of alkyl halides is 3. The Kier molecular flexibility index (Phi) is 5.47. The van der Waals surface area contributed by atoms with E-state index in [2.05, 4.69) is 0 Å². The maximum Gasteiger partial charge on any atom is 0.416 e. The Morgan fingerprint density at radius 3 is 2.05 bits per heavy atom. The molecule has 1 aromatic carbocycles. The van der Waals surface area contributed by atoms with Crippen molar-refractivity contribution in [3.8, 4) is 0 Å². The first-order chi connectivity index (χ1) is 9.64. The Morgan fingerprint density at radius 2 is 1.62 bits per heavy atom. The van der Waals surface area contributed by atoms with Gasteiger partial charge in [-0.05, 0) is 37.5 Å². The van der Waals surface area contributed by atoms with E-state index in [9.17, 15) is 21.6 Å². The largest absolute Gasteiger partial charge is 0.416 e. The van der Waals surface area contributed by atoms with Gasteiger partial charge in [-0.1, -0.05) is 33.3 Å². The number of hydrogen-bond acceptors (Lipinski definition) is 2. The van der Waals surface area contributed by atoms with E-state index < -0.39 is 26.3 Å². The van der Waals surface area contributed by atoms with E-state index in [0.717, 1.165) is 18.2 Å². The van der Waals surface area contributed by atoms with Gasteiger partial charge in [0.15, 0.2) is 9.84 Å². The van der Waals surface area contributed by atoms with Crippen LogP contribution in [0.2, 0.25) is 0 Å². The van der Waals surface area contributed by atoms with Crippen LogP contribution < -0.4 is 0 Å². The van der Waals surface area contributed by atoms with Crippen LogP contribution in [0.1, 0.15) is 52.0 Å². The Labute approximate surface area is 124 Å². The molecule has 0 bridgehead atoms. The molecule has 0 saturated carbocycles. The normalized spacial score (nSPS) is 13.4. The minimum Gasteiger partial charge on any atom is -0.223 e. The summed E-state index contributed by atoms with van der Waals surface area (Å²) < 4.78 is 63.0. The first-order valence-corrected chi connectivity index (χ1v) is 8.55. The molecule has 1 rings (SSSR count). The van der Waals surface area contributed by atoms with E-state index >= 15 is 0 Å². The van der Waals surface area contributed by atoms with E-state index in [-0.39, 0.29) is 4.90 Å². The molecule has 0 N–H and O–H groups in total. The third kappa shape index (κ3) is 3.42. The zero-order valence-electron chi connectivity index (χ0n) is 12.5. The molecule has 0 atom stereocenters. The lowest BCUT2D eigenvalue weighted by atomic mass is 9.97. The summed E-state index contributed by atoms with van der Waals surface area (Å²) in [4.78, 5) is -0.241. The molecular weight excluding hydrogens is 301 g/mol. The van der Waals surface area contributed by atoms with Crippen molar-refractivity contribution in [3.05, 3.63) is 29.8 Å². The van der Waals surface area contributed by atoms with Gasteiger partial charge in [-0.2, -0.15) is 13.2 Å². The standard InChI is InChI=1S/C15H21F3O2S/c1-4-10-14(5-2,6-3)21(19,20)13-9-7-8-12(11-13)15(16,17)18/h7-9,11H,4-6,10H2,1-3H3. The van der Waals surface area contributed by atoms with Crippen molar-refractivity contribution in [1.82, 2.24) is 0 Å². The molecule has 0 fully saturated rings. The fourth-order valence-corrected chi connectivity index (χ4v) is 4.94. The van der Waals surface area contributed by atoms with Crippen LogP contribution in [0.4, 0.5) is 13.2 Å². The molecule has 0 aromatic heterocycles. The molecule has 21 heavy (non-hydrogen) atoms. The van der Waals surface area contributed by atoms with Crippen LogP contribution in [-0.2, 0) is 16.0 Å². The lowest BCUT2D eigenvalue weighted by molar-refractivity contribution is -0.137. The van der Waals surface area contributed by atoms with Gasteiger partial charge >= 0.3 is 6.18 Å². The van der Waals surface area contributed by atoms with Crippen molar-refractivity contribution in [1.29, 1.82) is 0 Å². The highest BCUT2D eigenvalue weighted by Gasteiger charge is 2.41. The first kappa shape index (κ1) is 18.0. The van der Waals surface area contributed by atoms with Gasteiger partial charge in [0, 0.05) is 0 Å². The third-order valence-corrected chi connectivity index (χ3v) is 6.83. The summed E-state index contributed by atoms with van der Waals surface area (Å²) in [6.45, 7) is 5.41. The molecular formula is C15H21F3O2S. The molecule has 0 radical (unpaired) electrons. The Bertz CT molecular complexity index is 573. The number of hydrogen-bond donors (Lipinski definition) is 0. The van der Waals surface area contributed by atoms with Crippen LogP contribution in [0.5, 0.6) is 0 Å². The number of halogens is 3. The average molecular weight is 322 g/mol. The topological polar surface area (TPSA) is 34.1 Å². The van der Waals surface area contributed by atoms with E-state index in [0.29, 0.717) is 25.7 Å². The smallest absolute Gasteiger partial charge is 0.223 e. The van der Waals surface area contributed by atoms with E-state index in [1.54, 1.807) is 13.8 Å². The lowest BCUT2D eigenvalue weighted by Crippen LogP contribution is -2.37. The molecule has 0 spiro atoms. The van der Waals surface area contributed by atoms with Gasteiger partial charge in [0.05, 0.1) is 15.2 Å². The van der Waals surface area contributed by atoms with Crippen molar-refractivity contribution >= 4 is 9.84 Å². The fraction of sp³-hybridized carbons (Fsp3) is 0.600. The van der Waals surface area contributed by atoms with E-state index in [1.165, 1.54) is 6.07 Å². The quantitative estimate of drug-likeness (QED) is 0.751. The van der Waals surface area contributed by atoms with Crippen LogP contribution in [0, 0.1) is 0 Å². The monoisotopic (exact) mass is 322 g/mol. The minimum atomic E-state index is -4.54. The highest BCUT2D eigenvalue weighted by molar-refractivity contribution is 7.92. The maximum absolute atomic E-state index is 12.8. The Balaban J connectivity index is 3.42. The first-order valence-electron chi connectivity index (χ1n) is 7.06. The number of benzene rings is 1. The van der Waals surface area contributed by atoms with Crippen LogP contribution in [-0.4, -0.2) is 13.2 Å². The molecule has 0 aliphatic rings. The van der Waals surface area contributed by atoms with Crippen molar-refractivity contribution in [3.63, 3.8) is 0 Å². The number of rotatable bonds is 6. The average Bonchev–Trinajstić information content (AvgIpc) is 2.44. The molecule has 0 amide bonds. The predicted molar refractivity (Wildman–Crippen MR) is 76.9 cm³/mol. The van der Waals surface area contributed by atoms with Gasteiger partial charge in [0.2, 0.25) is 0 Å². The third-order valence-electron chi connectivity index (χ3n) is 4.04. The van der Waals surface area contributed by atoms with Crippen LogP contribution >= 0.6 is 0 Å². The molecule has 2 nitrogen and oxygen atoms in total. The summed E-state index contributed by atoms with van der Waals surface area (Å²) >= 11 is 0. The molecule has 0 aliphatic carbocycles. The highest BCUT2D eigenvalue weighted by atomic mass is 32.2. The molecule has 0 saturated heterocycles. The van der Waals surface area contributed by atoms with Crippen molar-refractivity contribution in [2.45, 2.75) is 62.3 Å². The van der Waals surface area contributed by atoms with Crippen LogP contribution in [0.15, 0.2) is 29.2 Å². The van der Waals surface area contributed by atoms with Crippen LogP contribution in [0.25, 0.3) is 0 Å². The summed E-state index contributed by atoms with van der Waals surface area (Å²) in [6, 6.07) is 4.03. The predicted octanol–water partition coefficient (Wildman–Crippen LogP) is 4.84. The van der Waals surface area contributed by atoms with Crippen LogP contribution in [0.3, 0.4) is 0 Å². The van der Waals surface area contributed by atoms with Crippen molar-refractivity contribution in [2.24, 2.45) is 0 Å². The lowest BCUT2D eigenvalue weighted by Gasteiger charge is -2.31. The zero-order chi connectivity index (χ0) is 16.3. The molecule has 0 unspecified atom stereocenters. The Morgan fingerprint density at radius 1 is 1.05 bits per heavy atom. The van der Waals surface area contributed by atoms with Gasteiger partial charge in [-0.15, -0.1) is 0 Å². The second-order valence-electron chi connectivity index (χ2n) is 5.17. The summed E-state index contributed by atoms with van der Waals surface area (Å²) in [5.74, 6) is 0. The zero-order valence-corrected chi connectivity index (χ0v) is 13.3. The van der Waals surface area contributed by atoms with Gasteiger partial charge in [0.1, 0.15) is 0 Å². The summed E-state index contributed by atoms with van der Waals surface area (Å²) in [5, 5.41) is 0. The van der Waals surface area contributed by atoms with Gasteiger partial charge < -0.3 is 0 Å².